The predicted octanol–water partition coefficient (Wildman–Crippen LogP) is 5.30. The van der Waals surface area contributed by atoms with Gasteiger partial charge in [-0.15, -0.1) is 0 Å². The van der Waals surface area contributed by atoms with Gasteiger partial charge in [0.05, 0.1) is 17.7 Å². The maximum Gasteiger partial charge on any atom is 0.137 e. The molecule has 0 unspecified atom stereocenters. The van der Waals surface area contributed by atoms with Crippen molar-refractivity contribution < 1.29 is 19.0 Å². The monoisotopic (exact) mass is 511 g/mol. The Hall–Kier alpha value is -2.31. The highest BCUT2D eigenvalue weighted by atomic mass is 35.5. The second kappa shape index (κ2) is 8.91. The third kappa shape index (κ3) is 4.26. The molecule has 0 radical (unpaired) electrons. The molecule has 36 heavy (non-hydrogen) atoms. The third-order valence-corrected chi connectivity index (χ3v) is 9.10. The van der Waals surface area contributed by atoms with E-state index in [0.717, 1.165) is 43.6 Å². The molecule has 2 atom stereocenters. The van der Waals surface area contributed by atoms with E-state index in [1.54, 1.807) is 11.0 Å². The number of benzene rings is 2. The molecule has 5 aliphatic rings. The Bertz CT molecular complexity index is 1190. The fourth-order valence-electron chi connectivity index (χ4n) is 6.77. The van der Waals surface area contributed by atoms with Gasteiger partial charge in [0.1, 0.15) is 17.7 Å². The highest BCUT2D eigenvalue weighted by Crippen LogP contribution is 2.52. The lowest BCUT2D eigenvalue weighted by molar-refractivity contribution is -0.276. The molecule has 3 aliphatic heterocycles. The lowest BCUT2D eigenvalue weighted by Crippen LogP contribution is -2.62. The third-order valence-electron chi connectivity index (χ3n) is 8.79. The summed E-state index contributed by atoms with van der Waals surface area (Å²) in [6.07, 6.45) is 3.91. The standard InChI is InChI=1S/C29H34ClFN2O3/c1-29(2)14-19-11-23(21-6-5-20(12-24(21)30)36-16-17-3-4-17)25(31)13-22(19)27(29)33(28(34)35)26-15-32-9-7-18(26)8-10-32/h5-6,11-13,17-18,26-27H,3-4,7-10,14-16H2,1-2H3,(H,34,35)/p-1/t26-,27+/m1/s1. The van der Waals surface area contributed by atoms with Crippen molar-refractivity contribution in [3.05, 3.63) is 52.3 Å². The van der Waals surface area contributed by atoms with Crippen LogP contribution in [0.4, 0.5) is 9.18 Å². The number of carboxylic acid groups (broad SMARTS) is 1. The number of nitrogens with zero attached hydrogens (tertiary/aromatic N) is 2. The molecule has 5 nitrogen and oxygen atoms in total. The SMILES string of the molecule is CC1(C)Cc2cc(-c3ccc(OCC4CC4)cc3Cl)c(F)cc2[C@@H]1N(C(=O)[O-])[C@@H]1CN2CCC1CC2. The zero-order valence-corrected chi connectivity index (χ0v) is 21.7. The van der Waals surface area contributed by atoms with Gasteiger partial charge < -0.3 is 24.4 Å². The summed E-state index contributed by atoms with van der Waals surface area (Å²) in [6.45, 7) is 7.61. The molecule has 2 bridgehead atoms. The van der Waals surface area contributed by atoms with Gasteiger partial charge >= 0.3 is 0 Å². The molecule has 4 fully saturated rings. The number of ether oxygens (including phenoxy) is 1. The number of rotatable bonds is 6. The molecule has 1 saturated carbocycles. The molecular weight excluding hydrogens is 479 g/mol. The van der Waals surface area contributed by atoms with E-state index in [4.69, 9.17) is 16.3 Å². The van der Waals surface area contributed by atoms with Crippen LogP contribution in [0.15, 0.2) is 30.3 Å². The molecule has 2 aliphatic carbocycles. The minimum atomic E-state index is -1.16. The van der Waals surface area contributed by atoms with Gasteiger partial charge in [-0.1, -0.05) is 25.4 Å². The summed E-state index contributed by atoms with van der Waals surface area (Å²) < 4.78 is 21.5. The summed E-state index contributed by atoms with van der Waals surface area (Å²) in [7, 11) is 0. The van der Waals surface area contributed by atoms with Crippen LogP contribution < -0.4 is 9.84 Å². The Morgan fingerprint density at radius 2 is 1.92 bits per heavy atom. The zero-order chi connectivity index (χ0) is 25.2. The van der Waals surface area contributed by atoms with E-state index in [9.17, 15) is 9.90 Å². The summed E-state index contributed by atoms with van der Waals surface area (Å²) in [5.74, 6) is 1.27. The number of piperidine rings is 3. The first kappa shape index (κ1) is 24.1. The fraction of sp³-hybridized carbons (Fsp3) is 0.552. The smallest absolute Gasteiger partial charge is 0.137 e. The average Bonchev–Trinajstić information content (AvgIpc) is 3.63. The largest absolute Gasteiger partial charge is 0.530 e. The van der Waals surface area contributed by atoms with E-state index >= 15 is 4.39 Å². The Labute approximate surface area is 217 Å². The van der Waals surface area contributed by atoms with E-state index < -0.39 is 18.0 Å². The second-order valence-corrected chi connectivity index (χ2v) is 12.3. The second-order valence-electron chi connectivity index (χ2n) is 11.9. The molecule has 0 spiro atoms. The van der Waals surface area contributed by atoms with E-state index in [2.05, 4.69) is 18.7 Å². The molecule has 3 heterocycles. The van der Waals surface area contributed by atoms with Gasteiger partial charge in [-0.2, -0.15) is 0 Å². The molecule has 7 heteroatoms. The summed E-state index contributed by atoms with van der Waals surface area (Å²) in [4.78, 5) is 16.5. The zero-order valence-electron chi connectivity index (χ0n) is 20.9. The number of amides is 1. The van der Waals surface area contributed by atoms with Gasteiger partial charge in [-0.05, 0) is 104 Å². The Morgan fingerprint density at radius 1 is 1.17 bits per heavy atom. The summed E-state index contributed by atoms with van der Waals surface area (Å²) in [5.41, 5.74) is 2.39. The number of fused-ring (bicyclic) bond motifs is 4. The predicted molar refractivity (Wildman–Crippen MR) is 135 cm³/mol. The lowest BCUT2D eigenvalue weighted by atomic mass is 9.79. The van der Waals surface area contributed by atoms with Crippen molar-refractivity contribution in [2.75, 3.05) is 26.2 Å². The van der Waals surface area contributed by atoms with Crippen molar-refractivity contribution in [3.8, 4) is 16.9 Å². The number of halogens is 2. The fourth-order valence-corrected chi connectivity index (χ4v) is 7.04. The Morgan fingerprint density at radius 3 is 2.53 bits per heavy atom. The van der Waals surface area contributed by atoms with Gasteiger partial charge in [0.25, 0.3) is 0 Å². The quantitative estimate of drug-likeness (QED) is 0.528. The van der Waals surface area contributed by atoms with Gasteiger partial charge in [-0.3, -0.25) is 0 Å². The van der Waals surface area contributed by atoms with Crippen molar-refractivity contribution in [2.45, 2.75) is 58.0 Å². The van der Waals surface area contributed by atoms with Crippen LogP contribution in [-0.2, 0) is 6.42 Å². The van der Waals surface area contributed by atoms with E-state index in [0.29, 0.717) is 46.8 Å². The summed E-state index contributed by atoms with van der Waals surface area (Å²) >= 11 is 6.59. The van der Waals surface area contributed by atoms with Crippen LogP contribution in [0.5, 0.6) is 5.75 Å². The van der Waals surface area contributed by atoms with Crippen LogP contribution in [-0.4, -0.2) is 48.2 Å². The van der Waals surface area contributed by atoms with E-state index in [1.807, 2.05) is 18.2 Å². The molecule has 0 N–H and O–H groups in total. The van der Waals surface area contributed by atoms with Crippen LogP contribution >= 0.6 is 11.6 Å². The first-order valence-corrected chi connectivity index (χ1v) is 13.6. The van der Waals surface area contributed by atoms with Crippen LogP contribution in [0.3, 0.4) is 0 Å². The Balaban J connectivity index is 1.34. The summed E-state index contributed by atoms with van der Waals surface area (Å²) in [6, 6.07) is 8.25. The highest BCUT2D eigenvalue weighted by Gasteiger charge is 2.48. The maximum absolute atomic E-state index is 15.7. The number of hydrogen-bond acceptors (Lipinski definition) is 4. The van der Waals surface area contributed by atoms with Gasteiger partial charge in [0.2, 0.25) is 0 Å². The van der Waals surface area contributed by atoms with Crippen LogP contribution in [0.25, 0.3) is 11.1 Å². The molecule has 192 valence electrons. The first-order valence-electron chi connectivity index (χ1n) is 13.2. The van der Waals surface area contributed by atoms with Crippen molar-refractivity contribution in [1.82, 2.24) is 9.80 Å². The van der Waals surface area contributed by atoms with Crippen molar-refractivity contribution >= 4 is 17.7 Å². The number of carbonyl (C=O) groups is 1. The van der Waals surface area contributed by atoms with Crippen LogP contribution in [0.2, 0.25) is 5.02 Å². The number of carbonyl (C=O) groups excluding carboxylic acids is 1. The number of hydrogen-bond donors (Lipinski definition) is 0. The molecule has 7 rings (SSSR count). The molecular formula is C29H33ClFN2O3-. The van der Waals surface area contributed by atoms with Crippen molar-refractivity contribution in [2.24, 2.45) is 17.3 Å². The average molecular weight is 512 g/mol. The molecule has 2 aromatic carbocycles. The van der Waals surface area contributed by atoms with Crippen molar-refractivity contribution in [3.63, 3.8) is 0 Å². The lowest BCUT2D eigenvalue weighted by Gasteiger charge is -2.53. The Kier molecular flexibility index (Phi) is 5.95. The normalized spacial score (nSPS) is 28.1. The summed E-state index contributed by atoms with van der Waals surface area (Å²) in [5, 5.41) is 13.0. The van der Waals surface area contributed by atoms with Gasteiger partial charge in [0, 0.05) is 23.7 Å². The molecule has 1 amide bonds. The van der Waals surface area contributed by atoms with E-state index in [-0.39, 0.29) is 11.5 Å². The molecule has 3 saturated heterocycles. The first-order chi connectivity index (χ1) is 17.2. The topological polar surface area (TPSA) is 55.8 Å². The molecule has 2 aromatic rings. The van der Waals surface area contributed by atoms with Crippen LogP contribution in [0, 0.1) is 23.1 Å². The highest BCUT2D eigenvalue weighted by molar-refractivity contribution is 6.33. The van der Waals surface area contributed by atoms with E-state index in [1.165, 1.54) is 18.9 Å². The van der Waals surface area contributed by atoms with Crippen molar-refractivity contribution in [1.29, 1.82) is 0 Å². The van der Waals surface area contributed by atoms with Gasteiger partial charge in [0.15, 0.2) is 0 Å². The minimum absolute atomic E-state index is 0.118. The van der Waals surface area contributed by atoms with Gasteiger partial charge in [-0.25, -0.2) is 4.39 Å². The minimum Gasteiger partial charge on any atom is -0.530 e. The molecule has 0 aromatic heterocycles. The van der Waals surface area contributed by atoms with Crippen LogP contribution in [0.1, 0.15) is 56.7 Å². The maximum atomic E-state index is 15.7.